The van der Waals surface area contributed by atoms with Crippen molar-refractivity contribution in [1.82, 2.24) is 10.2 Å². The monoisotopic (exact) mass is 281 g/mol. The Morgan fingerprint density at radius 3 is 3.05 bits per heavy atom. The average molecular weight is 282 g/mol. The highest BCUT2D eigenvalue weighted by Gasteiger charge is 2.23. The van der Waals surface area contributed by atoms with E-state index in [0.717, 1.165) is 19.5 Å². The number of halogens is 1. The van der Waals surface area contributed by atoms with E-state index in [4.69, 9.17) is 17.3 Å². The maximum atomic E-state index is 12.0. The second-order valence-electron chi connectivity index (χ2n) is 4.87. The largest absolute Gasteiger partial charge is 0.398 e. The molecule has 104 valence electrons. The van der Waals surface area contributed by atoms with Crippen LogP contribution in [0.1, 0.15) is 30.1 Å². The number of nitrogens with two attached hydrogens (primary N) is 1. The third-order valence-electron chi connectivity index (χ3n) is 3.67. The van der Waals surface area contributed by atoms with Gasteiger partial charge in [0.25, 0.3) is 5.91 Å². The second kappa shape index (κ2) is 6.26. The summed E-state index contributed by atoms with van der Waals surface area (Å²) in [5.74, 6) is -0.0927. The molecule has 1 atom stereocenters. The summed E-state index contributed by atoms with van der Waals surface area (Å²) >= 11 is 5.92. The lowest BCUT2D eigenvalue weighted by Crippen LogP contribution is -2.40. The second-order valence-corrected chi connectivity index (χ2v) is 5.28. The Morgan fingerprint density at radius 1 is 1.58 bits per heavy atom. The molecule has 0 aromatic heterocycles. The fraction of sp³-hybridized carbons (Fsp3) is 0.500. The van der Waals surface area contributed by atoms with Gasteiger partial charge in [-0.25, -0.2) is 0 Å². The number of nitrogens with zero attached hydrogens (tertiary/aromatic N) is 1. The standard InChI is InChI=1S/C14H20ClN3O/c1-2-18-7-3-4-11(18)9-17-14(19)10-5-6-13(16)12(15)8-10/h5-6,8,11H,2-4,7,9,16H2,1H3,(H,17,19). The molecule has 1 saturated heterocycles. The summed E-state index contributed by atoms with van der Waals surface area (Å²) in [4.78, 5) is 14.4. The Balaban J connectivity index is 1.92. The van der Waals surface area contributed by atoms with Crippen LogP contribution in [0.5, 0.6) is 0 Å². The molecule has 0 radical (unpaired) electrons. The van der Waals surface area contributed by atoms with E-state index in [-0.39, 0.29) is 5.91 Å². The highest BCUT2D eigenvalue weighted by Crippen LogP contribution is 2.20. The first-order chi connectivity index (χ1) is 9.11. The molecule has 1 fully saturated rings. The molecule has 1 aliphatic heterocycles. The first-order valence-electron chi connectivity index (χ1n) is 6.69. The van der Waals surface area contributed by atoms with Gasteiger partial charge in [-0.15, -0.1) is 0 Å². The van der Waals surface area contributed by atoms with E-state index in [1.54, 1.807) is 18.2 Å². The van der Waals surface area contributed by atoms with Crippen LogP contribution in [0, 0.1) is 0 Å². The number of carbonyl (C=O) groups excluding carboxylic acids is 1. The Bertz CT molecular complexity index is 464. The minimum Gasteiger partial charge on any atom is -0.398 e. The number of anilines is 1. The number of likely N-dealkylation sites (tertiary alicyclic amines) is 1. The molecular formula is C14H20ClN3O. The van der Waals surface area contributed by atoms with E-state index in [9.17, 15) is 4.79 Å². The van der Waals surface area contributed by atoms with Crippen molar-refractivity contribution in [1.29, 1.82) is 0 Å². The van der Waals surface area contributed by atoms with E-state index in [1.165, 1.54) is 6.42 Å². The predicted octanol–water partition coefficient (Wildman–Crippen LogP) is 2.14. The van der Waals surface area contributed by atoms with Gasteiger partial charge < -0.3 is 11.1 Å². The van der Waals surface area contributed by atoms with Gasteiger partial charge >= 0.3 is 0 Å². The Labute approximate surface area is 118 Å². The van der Waals surface area contributed by atoms with E-state index in [1.807, 2.05) is 0 Å². The third kappa shape index (κ3) is 3.39. The Hall–Kier alpha value is -1.26. The molecule has 1 aromatic carbocycles. The first-order valence-corrected chi connectivity index (χ1v) is 7.07. The van der Waals surface area contributed by atoms with Crippen molar-refractivity contribution in [3.63, 3.8) is 0 Å². The SMILES string of the molecule is CCN1CCCC1CNC(=O)c1ccc(N)c(Cl)c1. The van der Waals surface area contributed by atoms with E-state index < -0.39 is 0 Å². The highest BCUT2D eigenvalue weighted by molar-refractivity contribution is 6.33. The minimum absolute atomic E-state index is 0.0927. The number of amides is 1. The van der Waals surface area contributed by atoms with Crippen LogP contribution in [-0.4, -0.2) is 36.5 Å². The molecule has 1 amide bonds. The fourth-order valence-corrected chi connectivity index (χ4v) is 2.70. The molecule has 1 heterocycles. The zero-order valence-corrected chi connectivity index (χ0v) is 11.9. The smallest absolute Gasteiger partial charge is 0.251 e. The van der Waals surface area contributed by atoms with Gasteiger partial charge in [0, 0.05) is 18.2 Å². The van der Waals surface area contributed by atoms with Gasteiger partial charge in [-0.1, -0.05) is 18.5 Å². The lowest BCUT2D eigenvalue weighted by molar-refractivity contribution is 0.0941. The highest BCUT2D eigenvalue weighted by atomic mass is 35.5. The van der Waals surface area contributed by atoms with Gasteiger partial charge in [-0.3, -0.25) is 9.69 Å². The zero-order valence-electron chi connectivity index (χ0n) is 11.2. The summed E-state index contributed by atoms with van der Waals surface area (Å²) in [7, 11) is 0. The molecule has 1 aromatic rings. The third-order valence-corrected chi connectivity index (χ3v) is 3.99. The summed E-state index contributed by atoms with van der Waals surface area (Å²) in [5, 5.41) is 3.39. The van der Waals surface area contributed by atoms with Crippen molar-refractivity contribution in [2.24, 2.45) is 0 Å². The lowest BCUT2D eigenvalue weighted by Gasteiger charge is -2.22. The summed E-state index contributed by atoms with van der Waals surface area (Å²) in [6, 6.07) is 5.42. The number of nitrogens with one attached hydrogen (secondary N) is 1. The molecule has 5 heteroatoms. The van der Waals surface area contributed by atoms with Crippen molar-refractivity contribution in [3.8, 4) is 0 Å². The molecule has 0 bridgehead atoms. The Kier molecular flexibility index (Phi) is 4.66. The van der Waals surface area contributed by atoms with Crippen LogP contribution in [0.15, 0.2) is 18.2 Å². The van der Waals surface area contributed by atoms with Crippen molar-refractivity contribution in [2.75, 3.05) is 25.4 Å². The quantitative estimate of drug-likeness (QED) is 0.832. The van der Waals surface area contributed by atoms with Crippen LogP contribution in [-0.2, 0) is 0 Å². The number of hydrogen-bond donors (Lipinski definition) is 2. The summed E-state index contributed by atoms with van der Waals surface area (Å²) in [6.07, 6.45) is 2.36. The van der Waals surface area contributed by atoms with Gasteiger partial charge in [0.15, 0.2) is 0 Å². The van der Waals surface area contributed by atoms with Crippen molar-refractivity contribution in [2.45, 2.75) is 25.8 Å². The van der Waals surface area contributed by atoms with Crippen LogP contribution in [0.3, 0.4) is 0 Å². The first kappa shape index (κ1) is 14.2. The Morgan fingerprint density at radius 2 is 2.37 bits per heavy atom. The number of nitrogen functional groups attached to an aromatic ring is 1. The maximum Gasteiger partial charge on any atom is 0.251 e. The van der Waals surface area contributed by atoms with E-state index >= 15 is 0 Å². The summed E-state index contributed by atoms with van der Waals surface area (Å²) in [5.41, 5.74) is 6.68. The molecule has 0 aliphatic carbocycles. The van der Waals surface area contributed by atoms with Gasteiger partial charge in [-0.05, 0) is 44.1 Å². The van der Waals surface area contributed by atoms with Gasteiger partial charge in [-0.2, -0.15) is 0 Å². The van der Waals surface area contributed by atoms with E-state index in [0.29, 0.717) is 28.9 Å². The molecule has 3 N–H and O–H groups in total. The predicted molar refractivity (Wildman–Crippen MR) is 78.5 cm³/mol. The number of benzene rings is 1. The van der Waals surface area contributed by atoms with Crippen molar-refractivity contribution >= 4 is 23.2 Å². The molecule has 1 aliphatic rings. The fourth-order valence-electron chi connectivity index (χ4n) is 2.52. The molecule has 0 saturated carbocycles. The maximum absolute atomic E-state index is 12.0. The van der Waals surface area contributed by atoms with E-state index in [2.05, 4.69) is 17.1 Å². The molecular weight excluding hydrogens is 262 g/mol. The topological polar surface area (TPSA) is 58.4 Å². The zero-order chi connectivity index (χ0) is 13.8. The summed E-state index contributed by atoms with van der Waals surface area (Å²) in [6.45, 7) is 5.01. The molecule has 2 rings (SSSR count). The van der Waals surface area contributed by atoms with Crippen molar-refractivity contribution < 1.29 is 4.79 Å². The van der Waals surface area contributed by atoms with Crippen LogP contribution in [0.4, 0.5) is 5.69 Å². The lowest BCUT2D eigenvalue weighted by atomic mass is 10.1. The van der Waals surface area contributed by atoms with Gasteiger partial charge in [0.05, 0.1) is 10.7 Å². The normalized spacial score (nSPS) is 19.6. The minimum atomic E-state index is -0.0927. The molecule has 19 heavy (non-hydrogen) atoms. The number of likely N-dealkylation sites (N-methyl/N-ethyl adjacent to an activating group) is 1. The molecule has 1 unspecified atom stereocenters. The van der Waals surface area contributed by atoms with Crippen LogP contribution < -0.4 is 11.1 Å². The molecule has 0 spiro atoms. The van der Waals surface area contributed by atoms with Crippen LogP contribution in [0.25, 0.3) is 0 Å². The van der Waals surface area contributed by atoms with Crippen LogP contribution >= 0.6 is 11.6 Å². The number of rotatable bonds is 4. The average Bonchev–Trinajstić information content (AvgIpc) is 2.86. The molecule has 4 nitrogen and oxygen atoms in total. The number of hydrogen-bond acceptors (Lipinski definition) is 3. The van der Waals surface area contributed by atoms with Gasteiger partial charge in [0.2, 0.25) is 0 Å². The van der Waals surface area contributed by atoms with Crippen molar-refractivity contribution in [3.05, 3.63) is 28.8 Å². The van der Waals surface area contributed by atoms with Gasteiger partial charge in [0.1, 0.15) is 0 Å². The number of carbonyl (C=O) groups is 1. The van der Waals surface area contributed by atoms with Crippen LogP contribution in [0.2, 0.25) is 5.02 Å². The summed E-state index contributed by atoms with van der Waals surface area (Å²) < 4.78 is 0.